The van der Waals surface area contributed by atoms with Gasteiger partial charge < -0.3 is 37.2 Å². The van der Waals surface area contributed by atoms with E-state index in [0.717, 1.165) is 49.0 Å². The van der Waals surface area contributed by atoms with Gasteiger partial charge in [-0.1, -0.05) is 0 Å². The van der Waals surface area contributed by atoms with Crippen LogP contribution < -0.4 is 51.8 Å². The molecule has 0 N–H and O–H groups in total. The van der Waals surface area contributed by atoms with Crippen LogP contribution in [0.25, 0.3) is 0 Å². The van der Waals surface area contributed by atoms with Gasteiger partial charge >= 0.3 is 280 Å². The van der Waals surface area contributed by atoms with Crippen molar-refractivity contribution < 1.29 is 63.3 Å². The second-order valence-electron chi connectivity index (χ2n) is 13.5. The van der Waals surface area contributed by atoms with Gasteiger partial charge in [-0.25, -0.2) is 0 Å². The van der Waals surface area contributed by atoms with E-state index in [1.807, 2.05) is 18.5 Å². The van der Waals surface area contributed by atoms with Crippen molar-refractivity contribution in [2.45, 2.75) is 67.5 Å². The van der Waals surface area contributed by atoms with E-state index < -0.39 is 16.8 Å². The maximum atomic E-state index is 11.8. The maximum absolute atomic E-state index is 11.8. The number of rotatable bonds is 8. The summed E-state index contributed by atoms with van der Waals surface area (Å²) >= 11 is -4.05. The SMILES string of the molecule is Cc1cc(C)c(N2CC(C[N+](C)(C)C)N(c3c(C)cc(C)cc3C)[C]2=[Ru+2]([Cl])([Cl])=[CH]c2cc([N+](=O)[O-])ccc2OC(C)C)c(C)c1.[Cl-].[Cl-].[Cl-]. The van der Waals surface area contributed by atoms with Gasteiger partial charge in [-0.15, -0.1) is 0 Å². The first-order chi connectivity index (χ1) is 20.8. The molecular formula is C35H47Cl5N4O3Ru. The average Bonchev–Trinajstić information content (AvgIpc) is 3.20. The summed E-state index contributed by atoms with van der Waals surface area (Å²) in [6, 6.07) is 13.5. The molecule has 3 aromatic rings. The van der Waals surface area contributed by atoms with E-state index in [-0.39, 0.29) is 55.1 Å². The van der Waals surface area contributed by atoms with Crippen LogP contribution in [-0.2, 0) is 11.9 Å². The van der Waals surface area contributed by atoms with Crippen LogP contribution in [0, 0.1) is 51.7 Å². The number of nitrogens with zero attached hydrogens (tertiary/aromatic N) is 4. The average molecular weight is 850 g/mol. The van der Waals surface area contributed by atoms with Crippen LogP contribution in [0.2, 0.25) is 0 Å². The Morgan fingerprint density at radius 1 is 0.896 bits per heavy atom. The van der Waals surface area contributed by atoms with Gasteiger partial charge in [-0.05, 0) is 0 Å². The number of hydrogen-bond acceptors (Lipinski definition) is 5. The zero-order valence-corrected chi connectivity index (χ0v) is 35.0. The molecule has 0 amide bonds. The summed E-state index contributed by atoms with van der Waals surface area (Å²) in [6.07, 6.45) is -0.138. The number of non-ortho nitro benzene ring substituents is 1. The van der Waals surface area contributed by atoms with E-state index in [9.17, 15) is 10.1 Å². The van der Waals surface area contributed by atoms with Crippen LogP contribution in [0.4, 0.5) is 17.1 Å². The van der Waals surface area contributed by atoms with Crippen molar-refractivity contribution in [3.8, 4) is 5.75 Å². The second-order valence-corrected chi connectivity index (χ2v) is 22.8. The number of nitro groups is 1. The molecule has 0 saturated carbocycles. The van der Waals surface area contributed by atoms with Gasteiger partial charge in [0.05, 0.1) is 0 Å². The van der Waals surface area contributed by atoms with E-state index >= 15 is 0 Å². The predicted octanol–water partition coefficient (Wildman–Crippen LogP) is -0.955. The van der Waals surface area contributed by atoms with Gasteiger partial charge in [0.1, 0.15) is 0 Å². The van der Waals surface area contributed by atoms with Crippen LogP contribution in [0.5, 0.6) is 5.75 Å². The van der Waals surface area contributed by atoms with Gasteiger partial charge in [0.2, 0.25) is 0 Å². The number of ether oxygens (including phenoxy) is 1. The smallest absolute Gasteiger partial charge is 1.00 e. The Labute approximate surface area is 315 Å². The Balaban J connectivity index is 0.00000384. The van der Waals surface area contributed by atoms with Crippen LogP contribution >= 0.6 is 19.4 Å². The molecule has 0 aromatic heterocycles. The van der Waals surface area contributed by atoms with Crippen molar-refractivity contribution in [2.24, 2.45) is 0 Å². The number of halogens is 5. The number of benzene rings is 3. The summed E-state index contributed by atoms with van der Waals surface area (Å²) in [7, 11) is 22.1. The fourth-order valence-electron chi connectivity index (χ4n) is 6.53. The molecule has 1 aliphatic heterocycles. The molecule has 268 valence electrons. The molecule has 1 saturated heterocycles. The summed E-state index contributed by atoms with van der Waals surface area (Å²) in [6.45, 7) is 18.2. The molecule has 1 fully saturated rings. The number of hydrogen-bond donors (Lipinski definition) is 0. The molecule has 0 radical (unpaired) electrons. The monoisotopic (exact) mass is 848 g/mol. The molecule has 1 atom stereocenters. The number of likely N-dealkylation sites (N-methyl/N-ethyl adjacent to an activating group) is 1. The number of aryl methyl sites for hydroxylation is 6. The first-order valence-corrected chi connectivity index (χ1v) is 21.5. The Hall–Kier alpha value is -1.77. The molecule has 1 aliphatic rings. The summed E-state index contributed by atoms with van der Waals surface area (Å²) in [4.78, 5) is 16.2. The zero-order chi connectivity index (χ0) is 33.6. The minimum Gasteiger partial charge on any atom is -1.00 e. The van der Waals surface area contributed by atoms with E-state index in [1.54, 1.807) is 6.07 Å². The molecule has 13 heteroatoms. The van der Waals surface area contributed by atoms with Crippen molar-refractivity contribution in [3.63, 3.8) is 0 Å². The number of quaternary nitrogens is 1. The molecule has 0 bridgehead atoms. The Morgan fingerprint density at radius 3 is 1.81 bits per heavy atom. The molecule has 1 heterocycles. The van der Waals surface area contributed by atoms with Gasteiger partial charge in [-0.3, -0.25) is 0 Å². The van der Waals surface area contributed by atoms with Crippen molar-refractivity contribution in [3.05, 3.63) is 91.5 Å². The Kier molecular flexibility index (Phi) is 15.6. The predicted molar refractivity (Wildman–Crippen MR) is 189 cm³/mol. The molecule has 3 aromatic carbocycles. The number of nitro benzene ring substituents is 1. The normalized spacial score (nSPS) is 14.7. The Bertz CT molecular complexity index is 1730. The van der Waals surface area contributed by atoms with Gasteiger partial charge in [0.15, 0.2) is 0 Å². The quantitative estimate of drug-likeness (QED) is 0.127. The standard InChI is InChI=1S/C25H36N3.C10H11NO3.5ClH.Ru/c1-17-10-19(3)24(20(4)11-17)26-14-23(15-28(7,8)9)27(16-26)25-21(5)12-18(2)13-22(25)6;1-7(2)14-10-5-4-9(11(12)13)6-8(10)3;;;;;;/h10-13,23H,14-15H2,1-9H3;3-7H,1-2H3;5*1H;/q+1;;;;;;;+4/p-5. The third-order valence-electron chi connectivity index (χ3n) is 7.72. The first kappa shape index (κ1) is 44.3. The third-order valence-corrected chi connectivity index (χ3v) is 13.1. The molecule has 48 heavy (non-hydrogen) atoms. The minimum absolute atomic E-state index is 0. The van der Waals surface area contributed by atoms with Crippen LogP contribution in [0.3, 0.4) is 0 Å². The van der Waals surface area contributed by atoms with Crippen molar-refractivity contribution in [1.29, 1.82) is 0 Å². The second kappa shape index (κ2) is 17.0. The molecule has 0 aliphatic carbocycles. The summed E-state index contributed by atoms with van der Waals surface area (Å²) < 4.78 is 9.60. The van der Waals surface area contributed by atoms with E-state index in [1.165, 1.54) is 23.3 Å². The summed E-state index contributed by atoms with van der Waals surface area (Å²) in [5.41, 5.74) is 9.70. The molecular weight excluding hydrogens is 803 g/mol. The van der Waals surface area contributed by atoms with E-state index in [2.05, 4.69) is 96.8 Å². The molecule has 1 unspecified atom stereocenters. The van der Waals surface area contributed by atoms with Crippen LogP contribution in [-0.4, -0.2) is 64.7 Å². The van der Waals surface area contributed by atoms with Gasteiger partial charge in [-0.2, -0.15) is 0 Å². The van der Waals surface area contributed by atoms with E-state index in [4.69, 9.17) is 24.1 Å². The summed E-state index contributed by atoms with van der Waals surface area (Å²) in [5.74, 6) is 0.521. The fourth-order valence-corrected chi connectivity index (χ4v) is 12.5. The zero-order valence-electron chi connectivity index (χ0n) is 29.4. The van der Waals surface area contributed by atoms with Crippen molar-refractivity contribution >= 4 is 45.4 Å². The van der Waals surface area contributed by atoms with Crippen molar-refractivity contribution in [1.82, 2.24) is 0 Å². The first-order valence-electron chi connectivity index (χ1n) is 15.1. The maximum Gasteiger partial charge on any atom is -1.00 e. The molecule has 4 rings (SSSR count). The fraction of sp³-hybridized carbons (Fsp3) is 0.429. The summed E-state index contributed by atoms with van der Waals surface area (Å²) in [5, 5.41) is 11.8. The molecule has 7 nitrogen and oxygen atoms in total. The van der Waals surface area contributed by atoms with Crippen molar-refractivity contribution in [2.75, 3.05) is 44.0 Å². The topological polar surface area (TPSA) is 58.9 Å². The largest absolute Gasteiger partial charge is 1.00 e. The molecule has 0 spiro atoms. The van der Waals surface area contributed by atoms with E-state index in [0.29, 0.717) is 17.9 Å². The third kappa shape index (κ3) is 9.93. The Morgan fingerprint density at radius 2 is 1.38 bits per heavy atom. The minimum atomic E-state index is -4.05. The van der Waals surface area contributed by atoms with Gasteiger partial charge in [0.25, 0.3) is 0 Å². The van der Waals surface area contributed by atoms with Gasteiger partial charge in [0, 0.05) is 0 Å². The van der Waals surface area contributed by atoms with Crippen LogP contribution in [0.15, 0.2) is 42.5 Å². The van der Waals surface area contributed by atoms with Crippen LogP contribution in [0.1, 0.15) is 52.8 Å². The number of anilines is 2.